The molecule has 0 radical (unpaired) electrons. The van der Waals surface area contributed by atoms with Crippen LogP contribution in [0.3, 0.4) is 0 Å². The van der Waals surface area contributed by atoms with Crippen LogP contribution in [0.15, 0.2) is 75.5 Å². The number of rotatable bonds is 5. The molecule has 0 aliphatic rings. The minimum Gasteiger partial charge on any atom is -0.506 e. The maximum Gasteiger partial charge on any atom is 0.266 e. The van der Waals surface area contributed by atoms with Gasteiger partial charge in [0.15, 0.2) is 0 Å². The van der Waals surface area contributed by atoms with Gasteiger partial charge in [-0.15, -0.1) is 0 Å². The molecule has 31 heavy (non-hydrogen) atoms. The Balaban J connectivity index is 1.53. The second kappa shape index (κ2) is 9.01. The SMILES string of the molecule is O=C(NCc1ccccc1)c1ccc(Sc2c(O)c3c(Cl)cc(Cl)cc3[nH]c2=O)nc1. The minimum atomic E-state index is -0.500. The zero-order valence-electron chi connectivity index (χ0n) is 15.9. The largest absolute Gasteiger partial charge is 0.506 e. The van der Waals surface area contributed by atoms with Crippen LogP contribution in [0.25, 0.3) is 10.9 Å². The molecule has 4 rings (SSSR count). The van der Waals surface area contributed by atoms with E-state index >= 15 is 0 Å². The molecule has 0 atom stereocenters. The van der Waals surface area contributed by atoms with Gasteiger partial charge < -0.3 is 15.4 Å². The van der Waals surface area contributed by atoms with Gasteiger partial charge in [-0.3, -0.25) is 9.59 Å². The summed E-state index contributed by atoms with van der Waals surface area (Å²) in [6.07, 6.45) is 1.42. The minimum absolute atomic E-state index is 0.0468. The molecule has 0 saturated heterocycles. The van der Waals surface area contributed by atoms with Crippen LogP contribution in [-0.2, 0) is 6.54 Å². The van der Waals surface area contributed by atoms with Crippen molar-refractivity contribution in [2.75, 3.05) is 0 Å². The molecule has 0 spiro atoms. The molecular formula is C22H15Cl2N3O3S. The van der Waals surface area contributed by atoms with Gasteiger partial charge in [-0.05, 0) is 29.8 Å². The average molecular weight is 472 g/mol. The van der Waals surface area contributed by atoms with Gasteiger partial charge in [0.25, 0.3) is 11.5 Å². The summed E-state index contributed by atoms with van der Waals surface area (Å²) in [6, 6.07) is 15.8. The summed E-state index contributed by atoms with van der Waals surface area (Å²) in [4.78, 5) is 31.7. The Morgan fingerprint density at radius 1 is 1.13 bits per heavy atom. The van der Waals surface area contributed by atoms with Gasteiger partial charge >= 0.3 is 0 Å². The third kappa shape index (κ3) is 4.69. The van der Waals surface area contributed by atoms with Crippen molar-refractivity contribution >= 4 is 51.8 Å². The predicted octanol–water partition coefficient (Wildman–Crippen LogP) is 5.02. The Labute approximate surface area is 191 Å². The van der Waals surface area contributed by atoms with Crippen molar-refractivity contribution in [2.45, 2.75) is 16.5 Å². The molecule has 156 valence electrons. The number of amides is 1. The van der Waals surface area contributed by atoms with E-state index in [4.69, 9.17) is 23.2 Å². The van der Waals surface area contributed by atoms with Gasteiger partial charge in [0.1, 0.15) is 15.7 Å². The lowest BCUT2D eigenvalue weighted by molar-refractivity contribution is 0.0950. The number of nitrogens with zero attached hydrogens (tertiary/aromatic N) is 1. The van der Waals surface area contributed by atoms with Gasteiger partial charge in [-0.1, -0.05) is 65.3 Å². The lowest BCUT2D eigenvalue weighted by Gasteiger charge is -2.09. The zero-order chi connectivity index (χ0) is 22.0. The number of benzene rings is 2. The van der Waals surface area contributed by atoms with Crippen LogP contribution in [0.1, 0.15) is 15.9 Å². The first kappa shape index (κ1) is 21.2. The molecule has 0 fully saturated rings. The lowest BCUT2D eigenvalue weighted by atomic mass is 10.2. The molecule has 0 unspecified atom stereocenters. The number of hydrogen-bond acceptors (Lipinski definition) is 5. The van der Waals surface area contributed by atoms with Gasteiger partial charge in [0.2, 0.25) is 0 Å². The van der Waals surface area contributed by atoms with Crippen LogP contribution in [0.2, 0.25) is 10.0 Å². The molecular weight excluding hydrogens is 457 g/mol. The van der Waals surface area contributed by atoms with E-state index in [1.54, 1.807) is 12.1 Å². The summed E-state index contributed by atoms with van der Waals surface area (Å²) in [5.74, 6) is -0.514. The molecule has 9 heteroatoms. The molecule has 6 nitrogen and oxygen atoms in total. The van der Waals surface area contributed by atoms with E-state index in [-0.39, 0.29) is 21.6 Å². The summed E-state index contributed by atoms with van der Waals surface area (Å²) in [5.41, 5.74) is 1.21. The molecule has 0 bridgehead atoms. The van der Waals surface area contributed by atoms with Gasteiger partial charge in [-0.2, -0.15) is 0 Å². The number of pyridine rings is 2. The fourth-order valence-electron chi connectivity index (χ4n) is 2.97. The van der Waals surface area contributed by atoms with Crippen LogP contribution in [0, 0.1) is 0 Å². The maximum absolute atomic E-state index is 12.5. The van der Waals surface area contributed by atoms with E-state index < -0.39 is 5.56 Å². The molecule has 0 aliphatic carbocycles. The quantitative estimate of drug-likeness (QED) is 0.379. The molecule has 0 saturated carbocycles. The molecule has 4 aromatic rings. The predicted molar refractivity (Wildman–Crippen MR) is 122 cm³/mol. The number of nitrogens with one attached hydrogen (secondary N) is 2. The third-order valence-electron chi connectivity index (χ3n) is 4.46. The van der Waals surface area contributed by atoms with E-state index in [2.05, 4.69) is 15.3 Å². The highest BCUT2D eigenvalue weighted by Crippen LogP contribution is 2.39. The number of halogens is 2. The third-order valence-corrected chi connectivity index (χ3v) is 6.01. The first-order chi connectivity index (χ1) is 14.9. The van der Waals surface area contributed by atoms with Crippen LogP contribution in [-0.4, -0.2) is 21.0 Å². The second-order valence-corrected chi connectivity index (χ2v) is 8.47. The second-order valence-electron chi connectivity index (χ2n) is 6.60. The van der Waals surface area contributed by atoms with Crippen molar-refractivity contribution < 1.29 is 9.90 Å². The number of aromatic nitrogens is 2. The first-order valence-electron chi connectivity index (χ1n) is 9.12. The highest BCUT2D eigenvalue weighted by molar-refractivity contribution is 7.99. The summed E-state index contributed by atoms with van der Waals surface area (Å²) in [5, 5.41) is 14.7. The van der Waals surface area contributed by atoms with Crippen molar-refractivity contribution in [1.82, 2.24) is 15.3 Å². The number of aromatic hydroxyl groups is 1. The van der Waals surface area contributed by atoms with E-state index in [1.165, 1.54) is 18.3 Å². The maximum atomic E-state index is 12.5. The monoisotopic (exact) mass is 471 g/mol. The summed E-state index contributed by atoms with van der Waals surface area (Å²) >= 11 is 13.1. The Morgan fingerprint density at radius 2 is 1.90 bits per heavy atom. The molecule has 0 aliphatic heterocycles. The van der Waals surface area contributed by atoms with E-state index in [9.17, 15) is 14.7 Å². The van der Waals surface area contributed by atoms with Crippen LogP contribution < -0.4 is 10.9 Å². The van der Waals surface area contributed by atoms with Crippen molar-refractivity contribution in [1.29, 1.82) is 0 Å². The van der Waals surface area contributed by atoms with Crippen LogP contribution >= 0.6 is 35.0 Å². The number of carbonyl (C=O) groups excluding carboxylic acids is 1. The molecule has 2 heterocycles. The zero-order valence-corrected chi connectivity index (χ0v) is 18.2. The van der Waals surface area contributed by atoms with E-state index in [0.717, 1.165) is 17.3 Å². The van der Waals surface area contributed by atoms with E-state index in [1.807, 2.05) is 30.3 Å². The highest BCUT2D eigenvalue weighted by atomic mass is 35.5. The molecule has 2 aromatic heterocycles. The van der Waals surface area contributed by atoms with Crippen LogP contribution in [0.4, 0.5) is 0 Å². The number of H-pyrrole nitrogens is 1. The van der Waals surface area contributed by atoms with Gasteiger partial charge in [-0.25, -0.2) is 4.98 Å². The Bertz CT molecular complexity index is 1330. The fourth-order valence-corrected chi connectivity index (χ4v) is 4.34. The lowest BCUT2D eigenvalue weighted by Crippen LogP contribution is -2.22. The van der Waals surface area contributed by atoms with Crippen LogP contribution in [0.5, 0.6) is 5.75 Å². The van der Waals surface area contributed by atoms with Gasteiger partial charge in [0, 0.05) is 17.8 Å². The Hall–Kier alpha value is -3.00. The summed E-state index contributed by atoms with van der Waals surface area (Å²) < 4.78 is 0. The normalized spacial score (nSPS) is 10.9. The number of fused-ring (bicyclic) bond motifs is 1. The first-order valence-corrected chi connectivity index (χ1v) is 10.7. The van der Waals surface area contributed by atoms with Gasteiger partial charge in [0.05, 0.1) is 21.5 Å². The molecule has 1 amide bonds. The number of carbonyl (C=O) groups is 1. The van der Waals surface area contributed by atoms with Crippen molar-refractivity contribution in [3.8, 4) is 5.75 Å². The average Bonchev–Trinajstić information content (AvgIpc) is 2.75. The summed E-state index contributed by atoms with van der Waals surface area (Å²) in [6.45, 7) is 0.404. The van der Waals surface area contributed by atoms with Crippen molar-refractivity contribution in [3.05, 3.63) is 92.3 Å². The van der Waals surface area contributed by atoms with E-state index in [0.29, 0.717) is 33.1 Å². The highest BCUT2D eigenvalue weighted by Gasteiger charge is 2.17. The topological polar surface area (TPSA) is 95.1 Å². The van der Waals surface area contributed by atoms with Crippen molar-refractivity contribution in [2.24, 2.45) is 0 Å². The summed E-state index contributed by atoms with van der Waals surface area (Å²) in [7, 11) is 0. The molecule has 3 N–H and O–H groups in total. The smallest absolute Gasteiger partial charge is 0.266 e. The number of aromatic amines is 1. The standard InChI is InChI=1S/C22H15Cl2N3O3S/c23-14-8-15(24)18-16(9-14)27-22(30)20(19(18)28)31-17-7-6-13(11-25-17)21(29)26-10-12-4-2-1-3-5-12/h1-9,11H,10H2,(H,26,29)(H2,27,28,30). The van der Waals surface area contributed by atoms with Crippen molar-refractivity contribution in [3.63, 3.8) is 0 Å². The number of hydrogen-bond donors (Lipinski definition) is 3. The Kier molecular flexibility index (Phi) is 6.18. The molecule has 2 aromatic carbocycles. The fraction of sp³-hybridized carbons (Fsp3) is 0.0455. The Morgan fingerprint density at radius 3 is 2.61 bits per heavy atom.